The Labute approximate surface area is 159 Å². The molecule has 3 aliphatic rings. The molecule has 1 saturated carbocycles. The molecular formula is C24H22N2O. The molecule has 2 aliphatic heterocycles. The van der Waals surface area contributed by atoms with Crippen molar-refractivity contribution in [1.82, 2.24) is 0 Å². The third-order valence-corrected chi connectivity index (χ3v) is 6.93. The molecule has 2 heterocycles. The van der Waals surface area contributed by atoms with Crippen molar-refractivity contribution in [2.45, 2.75) is 37.3 Å². The van der Waals surface area contributed by atoms with Crippen LogP contribution in [0.15, 0.2) is 65.7 Å². The smallest absolute Gasteiger partial charge is 0.231 e. The minimum atomic E-state index is -0.523. The Kier molecular flexibility index (Phi) is 2.78. The van der Waals surface area contributed by atoms with Gasteiger partial charge in [0.15, 0.2) is 0 Å². The molecule has 2 atom stereocenters. The summed E-state index contributed by atoms with van der Waals surface area (Å²) in [5.41, 5.74) is 4.17. The zero-order chi connectivity index (χ0) is 18.2. The van der Waals surface area contributed by atoms with Gasteiger partial charge in [-0.25, -0.2) is 4.99 Å². The van der Waals surface area contributed by atoms with E-state index in [-0.39, 0.29) is 5.41 Å². The first-order valence-corrected chi connectivity index (χ1v) is 9.77. The largest absolute Gasteiger partial charge is 0.459 e. The third kappa shape index (κ3) is 1.66. The monoisotopic (exact) mass is 354 g/mol. The molecule has 0 saturated heterocycles. The van der Waals surface area contributed by atoms with E-state index in [1.165, 1.54) is 27.7 Å². The highest BCUT2D eigenvalue weighted by molar-refractivity contribution is 6.07. The van der Waals surface area contributed by atoms with Crippen molar-refractivity contribution in [2.75, 3.05) is 11.9 Å². The summed E-state index contributed by atoms with van der Waals surface area (Å²) in [6.07, 6.45) is 3.23. The van der Waals surface area contributed by atoms with Gasteiger partial charge < -0.3 is 9.64 Å². The number of fused-ring (bicyclic) bond motifs is 5. The van der Waals surface area contributed by atoms with Crippen LogP contribution in [0.25, 0.3) is 10.8 Å². The van der Waals surface area contributed by atoms with Crippen molar-refractivity contribution < 1.29 is 4.74 Å². The van der Waals surface area contributed by atoms with E-state index in [0.29, 0.717) is 0 Å². The van der Waals surface area contributed by atoms with Crippen LogP contribution in [0.2, 0.25) is 0 Å². The maximum Gasteiger partial charge on any atom is 0.231 e. The minimum Gasteiger partial charge on any atom is -0.459 e. The van der Waals surface area contributed by atoms with E-state index in [9.17, 15) is 0 Å². The van der Waals surface area contributed by atoms with Gasteiger partial charge in [-0.1, -0.05) is 48.5 Å². The van der Waals surface area contributed by atoms with E-state index in [2.05, 4.69) is 79.5 Å². The van der Waals surface area contributed by atoms with Crippen LogP contribution in [0, 0.1) is 0 Å². The molecule has 3 aromatic carbocycles. The Hall–Kier alpha value is -2.81. The summed E-state index contributed by atoms with van der Waals surface area (Å²) in [7, 11) is 2.16. The lowest BCUT2D eigenvalue weighted by atomic mass is 9.65. The van der Waals surface area contributed by atoms with Gasteiger partial charge in [-0.3, -0.25) is 0 Å². The van der Waals surface area contributed by atoms with Crippen molar-refractivity contribution >= 4 is 27.9 Å². The molecule has 3 nitrogen and oxygen atoms in total. The van der Waals surface area contributed by atoms with E-state index in [1.54, 1.807) is 0 Å². The maximum atomic E-state index is 6.95. The fourth-order valence-corrected chi connectivity index (χ4v) is 5.65. The second kappa shape index (κ2) is 4.92. The first-order chi connectivity index (χ1) is 13.1. The number of aliphatic imine (C=N–C) groups is 1. The zero-order valence-electron chi connectivity index (χ0n) is 15.7. The van der Waals surface area contributed by atoms with Crippen molar-refractivity contribution in [2.24, 2.45) is 4.99 Å². The molecule has 3 heteroatoms. The lowest BCUT2D eigenvalue weighted by molar-refractivity contribution is 0.0502. The Balaban J connectivity index is 1.65. The quantitative estimate of drug-likeness (QED) is 0.525. The van der Waals surface area contributed by atoms with Gasteiger partial charge in [0.05, 0.1) is 11.1 Å². The van der Waals surface area contributed by atoms with E-state index >= 15 is 0 Å². The molecule has 1 fully saturated rings. The standard InChI is InChI=1S/C24H22N2O/c1-23-15-7-12-21-24(23,26(2)19-11-6-5-10-18(19)23)27-20-14-13-16-8-3-4-9-17(16)22(20)25-21/h3-6,8-11,13-14H,7,12,15H2,1-2H3. The Morgan fingerprint density at radius 1 is 1.00 bits per heavy atom. The molecule has 0 radical (unpaired) electrons. The average Bonchev–Trinajstić information content (AvgIpc) is 2.90. The summed E-state index contributed by atoms with van der Waals surface area (Å²) >= 11 is 0. The highest BCUT2D eigenvalue weighted by Crippen LogP contribution is 2.60. The zero-order valence-corrected chi connectivity index (χ0v) is 15.7. The average molecular weight is 354 g/mol. The van der Waals surface area contributed by atoms with E-state index < -0.39 is 5.72 Å². The number of hydrogen-bond acceptors (Lipinski definition) is 3. The van der Waals surface area contributed by atoms with Gasteiger partial charge in [-0.05, 0) is 49.3 Å². The topological polar surface area (TPSA) is 24.8 Å². The first-order valence-electron chi connectivity index (χ1n) is 9.77. The second-order valence-corrected chi connectivity index (χ2v) is 8.20. The lowest BCUT2D eigenvalue weighted by Gasteiger charge is -2.52. The van der Waals surface area contributed by atoms with Crippen LogP contribution in [0.5, 0.6) is 5.75 Å². The minimum absolute atomic E-state index is 0.0985. The first kappa shape index (κ1) is 15.3. The molecule has 134 valence electrons. The molecule has 27 heavy (non-hydrogen) atoms. The van der Waals surface area contributed by atoms with Crippen LogP contribution in [-0.4, -0.2) is 18.5 Å². The molecule has 0 N–H and O–H groups in total. The van der Waals surface area contributed by atoms with Crippen molar-refractivity contribution in [3.63, 3.8) is 0 Å². The number of rotatable bonds is 0. The van der Waals surface area contributed by atoms with Gasteiger partial charge in [0.1, 0.15) is 11.4 Å². The van der Waals surface area contributed by atoms with E-state index in [1.807, 2.05) is 0 Å². The summed E-state index contributed by atoms with van der Waals surface area (Å²) in [5, 5.41) is 2.38. The van der Waals surface area contributed by atoms with Crippen molar-refractivity contribution in [3.8, 4) is 5.75 Å². The normalized spacial score (nSPS) is 27.9. The number of nitrogens with zero attached hydrogens (tertiary/aromatic N) is 2. The van der Waals surface area contributed by atoms with Gasteiger partial charge in [-0.2, -0.15) is 0 Å². The van der Waals surface area contributed by atoms with Crippen LogP contribution in [0.3, 0.4) is 0 Å². The van der Waals surface area contributed by atoms with Crippen LogP contribution < -0.4 is 9.64 Å². The number of ether oxygens (including phenoxy) is 1. The van der Waals surface area contributed by atoms with Gasteiger partial charge in [0, 0.05) is 18.1 Å². The van der Waals surface area contributed by atoms with E-state index in [4.69, 9.17) is 9.73 Å². The van der Waals surface area contributed by atoms with Crippen molar-refractivity contribution in [3.05, 3.63) is 66.2 Å². The Bertz CT molecular complexity index is 1130. The summed E-state index contributed by atoms with van der Waals surface area (Å²) < 4.78 is 6.95. The third-order valence-electron chi connectivity index (χ3n) is 6.93. The molecule has 2 unspecified atom stereocenters. The van der Waals surface area contributed by atoms with Gasteiger partial charge >= 0.3 is 0 Å². The van der Waals surface area contributed by atoms with Crippen LogP contribution in [0.1, 0.15) is 31.7 Å². The number of para-hydroxylation sites is 1. The molecule has 0 bridgehead atoms. The van der Waals surface area contributed by atoms with Crippen LogP contribution >= 0.6 is 0 Å². The van der Waals surface area contributed by atoms with Crippen LogP contribution in [0.4, 0.5) is 11.4 Å². The molecule has 0 amide bonds. The number of likely N-dealkylation sites (N-methyl/N-ethyl adjacent to an activating group) is 1. The molecule has 1 spiro atoms. The summed E-state index contributed by atoms with van der Waals surface area (Å²) in [4.78, 5) is 7.59. The Morgan fingerprint density at radius 3 is 2.74 bits per heavy atom. The highest BCUT2D eigenvalue weighted by Gasteiger charge is 2.65. The summed E-state index contributed by atoms with van der Waals surface area (Å²) in [5.74, 6) is 0.894. The SMILES string of the molecule is CN1c2ccccc2C2(C)CCCC3=Nc4c(ccc5ccccc45)OC312. The lowest BCUT2D eigenvalue weighted by Crippen LogP contribution is -2.67. The molecule has 3 aromatic rings. The van der Waals surface area contributed by atoms with Crippen molar-refractivity contribution in [1.29, 1.82) is 0 Å². The fraction of sp³-hybridized carbons (Fsp3) is 0.292. The van der Waals surface area contributed by atoms with Crippen LogP contribution in [-0.2, 0) is 5.41 Å². The number of anilines is 1. The molecule has 1 aliphatic carbocycles. The number of hydrogen-bond donors (Lipinski definition) is 0. The summed E-state index contributed by atoms with van der Waals surface area (Å²) in [6.45, 7) is 2.36. The Morgan fingerprint density at radius 2 is 1.81 bits per heavy atom. The van der Waals surface area contributed by atoms with Gasteiger partial charge in [0.2, 0.25) is 5.72 Å². The van der Waals surface area contributed by atoms with Gasteiger partial charge in [-0.15, -0.1) is 0 Å². The van der Waals surface area contributed by atoms with E-state index in [0.717, 1.165) is 30.7 Å². The fourth-order valence-electron chi connectivity index (χ4n) is 5.65. The highest BCUT2D eigenvalue weighted by atomic mass is 16.5. The second-order valence-electron chi connectivity index (χ2n) is 8.20. The predicted octanol–water partition coefficient (Wildman–Crippen LogP) is 5.59. The maximum absolute atomic E-state index is 6.95. The molecule has 0 aromatic heterocycles. The summed E-state index contributed by atoms with van der Waals surface area (Å²) in [6, 6.07) is 21.4. The van der Waals surface area contributed by atoms with Gasteiger partial charge in [0.25, 0.3) is 0 Å². The number of benzene rings is 3. The predicted molar refractivity (Wildman–Crippen MR) is 110 cm³/mol. The molecule has 6 rings (SSSR count). The molecular weight excluding hydrogens is 332 g/mol.